The third-order valence-corrected chi connectivity index (χ3v) is 4.34. The average molecular weight is 305 g/mol. The minimum absolute atomic E-state index is 0. The first-order chi connectivity index (χ1) is 8.14. The van der Waals surface area contributed by atoms with E-state index in [1.165, 1.54) is 4.88 Å². The number of rotatable bonds is 4. The van der Waals surface area contributed by atoms with E-state index in [1.54, 1.807) is 11.3 Å². The summed E-state index contributed by atoms with van der Waals surface area (Å²) in [7, 11) is 0. The fourth-order valence-electron chi connectivity index (χ4n) is 1.56. The maximum atomic E-state index is 12.0. The molecule has 0 aliphatic carbocycles. The second-order valence-corrected chi connectivity index (χ2v) is 7.37. The first-order valence-electron chi connectivity index (χ1n) is 6.22. The molecule has 0 saturated carbocycles. The van der Waals surface area contributed by atoms with Crippen molar-refractivity contribution in [1.82, 2.24) is 5.32 Å². The lowest BCUT2D eigenvalue weighted by molar-refractivity contribution is -0.124. The van der Waals surface area contributed by atoms with E-state index in [1.807, 2.05) is 26.8 Å². The average Bonchev–Trinajstić information content (AvgIpc) is 2.77. The van der Waals surface area contributed by atoms with E-state index in [0.717, 1.165) is 0 Å². The van der Waals surface area contributed by atoms with Crippen molar-refractivity contribution in [3.63, 3.8) is 0 Å². The third-order valence-electron chi connectivity index (χ3n) is 3.11. The van der Waals surface area contributed by atoms with Crippen molar-refractivity contribution in [3.8, 4) is 0 Å². The Morgan fingerprint density at radius 3 is 2.37 bits per heavy atom. The molecule has 1 rings (SSSR count). The lowest BCUT2D eigenvalue weighted by Crippen LogP contribution is -2.50. The van der Waals surface area contributed by atoms with Crippen molar-refractivity contribution in [1.29, 1.82) is 0 Å². The fraction of sp³-hybridized carbons (Fsp3) is 0.643. The van der Waals surface area contributed by atoms with Crippen molar-refractivity contribution in [2.24, 2.45) is 11.1 Å². The van der Waals surface area contributed by atoms with Gasteiger partial charge in [0.1, 0.15) is 0 Å². The largest absolute Gasteiger partial charge is 0.354 e. The maximum absolute atomic E-state index is 12.0. The van der Waals surface area contributed by atoms with E-state index in [0.29, 0.717) is 6.54 Å². The van der Waals surface area contributed by atoms with Gasteiger partial charge in [0.15, 0.2) is 0 Å². The molecule has 0 aliphatic heterocycles. The van der Waals surface area contributed by atoms with Gasteiger partial charge < -0.3 is 11.1 Å². The number of halogens is 1. The van der Waals surface area contributed by atoms with Crippen molar-refractivity contribution in [2.45, 2.75) is 46.1 Å². The Balaban J connectivity index is 0.00000324. The lowest BCUT2D eigenvalue weighted by Gasteiger charge is -2.29. The quantitative estimate of drug-likeness (QED) is 0.898. The number of nitrogens with one attached hydrogen (secondary N) is 1. The minimum Gasteiger partial charge on any atom is -0.354 e. The van der Waals surface area contributed by atoms with Gasteiger partial charge in [-0.15, -0.1) is 23.7 Å². The van der Waals surface area contributed by atoms with Gasteiger partial charge in [-0.1, -0.05) is 40.7 Å². The SMILES string of the molecule is CC(C)(CNC(=O)[C@@H](N)C(C)(C)C)c1cccs1.Cl. The molecule has 1 aromatic rings. The summed E-state index contributed by atoms with van der Waals surface area (Å²) >= 11 is 1.71. The van der Waals surface area contributed by atoms with Crippen LogP contribution in [0.2, 0.25) is 0 Å². The van der Waals surface area contributed by atoms with E-state index in [9.17, 15) is 4.79 Å². The van der Waals surface area contributed by atoms with E-state index in [4.69, 9.17) is 5.73 Å². The molecule has 110 valence electrons. The Morgan fingerprint density at radius 1 is 1.37 bits per heavy atom. The number of hydrogen-bond donors (Lipinski definition) is 2. The molecule has 0 aromatic carbocycles. The topological polar surface area (TPSA) is 55.1 Å². The predicted molar refractivity (Wildman–Crippen MR) is 85.0 cm³/mol. The normalized spacial score (nSPS) is 13.6. The van der Waals surface area contributed by atoms with Crippen LogP contribution < -0.4 is 11.1 Å². The number of thiophene rings is 1. The van der Waals surface area contributed by atoms with Crippen molar-refractivity contribution >= 4 is 29.7 Å². The number of carbonyl (C=O) groups excluding carboxylic acids is 1. The van der Waals surface area contributed by atoms with Gasteiger partial charge in [-0.05, 0) is 16.9 Å². The summed E-state index contributed by atoms with van der Waals surface area (Å²) < 4.78 is 0. The van der Waals surface area contributed by atoms with E-state index in [2.05, 4.69) is 30.6 Å². The molecule has 19 heavy (non-hydrogen) atoms. The van der Waals surface area contributed by atoms with Gasteiger partial charge in [-0.25, -0.2) is 0 Å². The highest BCUT2D eigenvalue weighted by Gasteiger charge is 2.29. The van der Waals surface area contributed by atoms with Gasteiger partial charge in [0.05, 0.1) is 6.04 Å². The van der Waals surface area contributed by atoms with Crippen LogP contribution in [0.4, 0.5) is 0 Å². The Labute approximate surface area is 126 Å². The molecule has 0 unspecified atom stereocenters. The molecule has 3 nitrogen and oxygen atoms in total. The van der Waals surface area contributed by atoms with Crippen LogP contribution in [0.15, 0.2) is 17.5 Å². The molecule has 0 aliphatic rings. The van der Waals surface area contributed by atoms with Crippen LogP contribution in [0.5, 0.6) is 0 Å². The summed E-state index contributed by atoms with van der Waals surface area (Å²) in [6, 6.07) is 3.65. The number of carbonyl (C=O) groups is 1. The molecule has 1 heterocycles. The molecule has 1 amide bonds. The summed E-state index contributed by atoms with van der Waals surface area (Å²) in [4.78, 5) is 13.2. The van der Waals surface area contributed by atoms with Crippen molar-refractivity contribution in [3.05, 3.63) is 22.4 Å². The highest BCUT2D eigenvalue weighted by molar-refractivity contribution is 7.10. The Morgan fingerprint density at radius 2 is 1.95 bits per heavy atom. The Kier molecular flexibility index (Phi) is 6.52. The van der Waals surface area contributed by atoms with E-state index in [-0.39, 0.29) is 29.1 Å². The minimum atomic E-state index is -0.475. The zero-order chi connectivity index (χ0) is 14.0. The van der Waals surface area contributed by atoms with Gasteiger partial charge in [-0.3, -0.25) is 4.79 Å². The molecule has 5 heteroatoms. The summed E-state index contributed by atoms with van der Waals surface area (Å²) in [5.74, 6) is -0.0767. The molecule has 0 fully saturated rings. The monoisotopic (exact) mass is 304 g/mol. The summed E-state index contributed by atoms with van der Waals surface area (Å²) in [6.45, 7) is 10.8. The predicted octanol–water partition coefficient (Wildman–Crippen LogP) is 2.94. The Bertz CT molecular complexity index is 396. The molecular formula is C14H25ClN2OS. The van der Waals surface area contributed by atoms with Gasteiger partial charge in [0.25, 0.3) is 0 Å². The van der Waals surface area contributed by atoms with Crippen molar-refractivity contribution in [2.75, 3.05) is 6.54 Å². The second-order valence-electron chi connectivity index (χ2n) is 6.42. The highest BCUT2D eigenvalue weighted by Crippen LogP contribution is 2.26. The van der Waals surface area contributed by atoms with Crippen LogP contribution in [0.3, 0.4) is 0 Å². The van der Waals surface area contributed by atoms with Crippen LogP contribution in [-0.4, -0.2) is 18.5 Å². The third kappa shape index (κ3) is 5.13. The van der Waals surface area contributed by atoms with Gasteiger partial charge in [-0.2, -0.15) is 0 Å². The standard InChI is InChI=1S/C14H24N2OS.ClH/c1-13(2,3)11(15)12(17)16-9-14(4,5)10-7-6-8-18-10;/h6-8,11H,9,15H2,1-5H3,(H,16,17);1H/t11-;/m1./s1. The summed E-state index contributed by atoms with van der Waals surface area (Å²) in [5, 5.41) is 5.02. The molecule has 0 radical (unpaired) electrons. The lowest BCUT2D eigenvalue weighted by atomic mass is 9.86. The zero-order valence-electron chi connectivity index (χ0n) is 12.3. The van der Waals surface area contributed by atoms with E-state index < -0.39 is 6.04 Å². The van der Waals surface area contributed by atoms with Gasteiger partial charge in [0.2, 0.25) is 5.91 Å². The smallest absolute Gasteiger partial charge is 0.237 e. The van der Waals surface area contributed by atoms with Gasteiger partial charge >= 0.3 is 0 Å². The number of amides is 1. The molecule has 0 bridgehead atoms. The van der Waals surface area contributed by atoms with Crippen LogP contribution in [0, 0.1) is 5.41 Å². The summed E-state index contributed by atoms with van der Waals surface area (Å²) in [5.41, 5.74) is 5.67. The maximum Gasteiger partial charge on any atom is 0.237 e. The van der Waals surface area contributed by atoms with Gasteiger partial charge in [0, 0.05) is 16.8 Å². The van der Waals surface area contributed by atoms with Crippen molar-refractivity contribution < 1.29 is 4.79 Å². The molecule has 3 N–H and O–H groups in total. The second kappa shape index (κ2) is 6.73. The molecule has 1 aromatic heterocycles. The van der Waals surface area contributed by atoms with Crippen LogP contribution >= 0.6 is 23.7 Å². The zero-order valence-corrected chi connectivity index (χ0v) is 14.0. The number of hydrogen-bond acceptors (Lipinski definition) is 3. The molecular weight excluding hydrogens is 280 g/mol. The molecule has 0 spiro atoms. The molecule has 1 atom stereocenters. The summed E-state index contributed by atoms with van der Waals surface area (Å²) in [6.07, 6.45) is 0. The molecule has 0 saturated heterocycles. The number of nitrogens with two attached hydrogens (primary N) is 1. The fourth-order valence-corrected chi connectivity index (χ4v) is 2.41. The first-order valence-corrected chi connectivity index (χ1v) is 7.10. The van der Waals surface area contributed by atoms with Crippen LogP contribution in [0.25, 0.3) is 0 Å². The first kappa shape index (κ1) is 18.4. The van der Waals surface area contributed by atoms with Crippen LogP contribution in [0.1, 0.15) is 39.5 Å². The highest BCUT2D eigenvalue weighted by atomic mass is 35.5. The van der Waals surface area contributed by atoms with E-state index >= 15 is 0 Å². The Hall–Kier alpha value is -0.580. The van der Waals surface area contributed by atoms with Crippen LogP contribution in [-0.2, 0) is 10.2 Å².